The minimum Gasteiger partial charge on any atom is -0.385 e. The van der Waals surface area contributed by atoms with E-state index in [-0.39, 0.29) is 0 Å². The van der Waals surface area contributed by atoms with Crippen LogP contribution in [0.25, 0.3) is 0 Å². The first-order chi connectivity index (χ1) is 6.84. The first-order valence-electron chi connectivity index (χ1n) is 5.97. The minimum absolute atomic E-state index is 0.785. The molecule has 0 N–H and O–H groups in total. The SMILES string of the molecule is COCCCCCC(Br)C1CCCC1. The largest absolute Gasteiger partial charge is 0.385 e. The van der Waals surface area contributed by atoms with Crippen LogP contribution in [0.5, 0.6) is 0 Å². The molecule has 1 aliphatic carbocycles. The summed E-state index contributed by atoms with van der Waals surface area (Å²) in [6, 6.07) is 0. The minimum atomic E-state index is 0.785. The van der Waals surface area contributed by atoms with Gasteiger partial charge >= 0.3 is 0 Å². The van der Waals surface area contributed by atoms with E-state index in [0.717, 1.165) is 17.4 Å². The van der Waals surface area contributed by atoms with E-state index < -0.39 is 0 Å². The van der Waals surface area contributed by atoms with Crippen molar-refractivity contribution in [3.63, 3.8) is 0 Å². The standard InChI is InChI=1S/C12H23BrO/c1-14-10-6-2-3-9-12(13)11-7-4-5-8-11/h11-12H,2-10H2,1H3. The van der Waals surface area contributed by atoms with Gasteiger partial charge in [0.2, 0.25) is 0 Å². The van der Waals surface area contributed by atoms with E-state index in [0.29, 0.717) is 0 Å². The zero-order valence-electron chi connectivity index (χ0n) is 9.30. The molecule has 1 nitrogen and oxygen atoms in total. The summed E-state index contributed by atoms with van der Waals surface area (Å²) in [6.07, 6.45) is 11.1. The van der Waals surface area contributed by atoms with Crippen molar-refractivity contribution in [2.75, 3.05) is 13.7 Å². The van der Waals surface area contributed by atoms with Crippen LogP contribution in [0.4, 0.5) is 0 Å². The molecule has 0 saturated heterocycles. The lowest BCUT2D eigenvalue weighted by Crippen LogP contribution is -2.10. The van der Waals surface area contributed by atoms with Gasteiger partial charge in [-0.1, -0.05) is 41.6 Å². The Morgan fingerprint density at radius 3 is 2.57 bits per heavy atom. The normalized spacial score (nSPS) is 20.1. The molecule has 2 heteroatoms. The van der Waals surface area contributed by atoms with Crippen molar-refractivity contribution < 1.29 is 4.74 Å². The van der Waals surface area contributed by atoms with Crippen molar-refractivity contribution in [2.45, 2.75) is 56.2 Å². The maximum Gasteiger partial charge on any atom is 0.0462 e. The number of methoxy groups -OCH3 is 1. The molecule has 0 heterocycles. The summed E-state index contributed by atoms with van der Waals surface area (Å²) in [4.78, 5) is 0.785. The highest BCUT2D eigenvalue weighted by molar-refractivity contribution is 9.09. The third kappa shape index (κ3) is 4.79. The molecular formula is C12H23BrO. The van der Waals surface area contributed by atoms with E-state index in [1.54, 1.807) is 7.11 Å². The summed E-state index contributed by atoms with van der Waals surface area (Å²) in [5.74, 6) is 0.970. The van der Waals surface area contributed by atoms with E-state index in [1.807, 2.05) is 0 Å². The maximum atomic E-state index is 5.04. The van der Waals surface area contributed by atoms with Crippen LogP contribution in [0.1, 0.15) is 51.4 Å². The molecule has 0 aliphatic heterocycles. The summed E-state index contributed by atoms with van der Waals surface area (Å²) < 4.78 is 5.04. The van der Waals surface area contributed by atoms with Crippen LogP contribution in [0.15, 0.2) is 0 Å². The molecule has 0 bridgehead atoms. The highest BCUT2D eigenvalue weighted by Gasteiger charge is 2.21. The fraction of sp³-hybridized carbons (Fsp3) is 1.00. The number of alkyl halides is 1. The monoisotopic (exact) mass is 262 g/mol. The van der Waals surface area contributed by atoms with Crippen molar-refractivity contribution in [2.24, 2.45) is 5.92 Å². The second-order valence-corrected chi connectivity index (χ2v) is 5.58. The molecule has 1 aliphatic rings. The third-order valence-electron chi connectivity index (χ3n) is 3.24. The second-order valence-electron chi connectivity index (χ2n) is 4.40. The van der Waals surface area contributed by atoms with Crippen LogP contribution in [0, 0.1) is 5.92 Å². The van der Waals surface area contributed by atoms with Gasteiger partial charge in [-0.05, 0) is 31.6 Å². The molecule has 0 aromatic heterocycles. The number of halogens is 1. The Morgan fingerprint density at radius 2 is 1.93 bits per heavy atom. The van der Waals surface area contributed by atoms with Gasteiger partial charge in [-0.3, -0.25) is 0 Å². The lowest BCUT2D eigenvalue weighted by atomic mass is 9.99. The smallest absolute Gasteiger partial charge is 0.0462 e. The summed E-state index contributed by atoms with van der Waals surface area (Å²) in [5.41, 5.74) is 0. The van der Waals surface area contributed by atoms with Crippen LogP contribution >= 0.6 is 15.9 Å². The molecule has 14 heavy (non-hydrogen) atoms. The first kappa shape index (κ1) is 12.5. The zero-order valence-corrected chi connectivity index (χ0v) is 10.9. The van der Waals surface area contributed by atoms with Crippen molar-refractivity contribution in [1.29, 1.82) is 0 Å². The van der Waals surface area contributed by atoms with Gasteiger partial charge in [0.1, 0.15) is 0 Å². The summed E-state index contributed by atoms with van der Waals surface area (Å²) in [6.45, 7) is 0.927. The number of ether oxygens (including phenoxy) is 1. The molecule has 0 aromatic rings. The van der Waals surface area contributed by atoms with Gasteiger partial charge in [0.25, 0.3) is 0 Å². The lowest BCUT2D eigenvalue weighted by Gasteiger charge is -2.16. The Bertz CT molecular complexity index is 132. The Labute approximate surface area is 96.7 Å². The molecule has 1 fully saturated rings. The quantitative estimate of drug-likeness (QED) is 0.495. The van der Waals surface area contributed by atoms with Gasteiger partial charge in [0.15, 0.2) is 0 Å². The van der Waals surface area contributed by atoms with Crippen molar-refractivity contribution >= 4 is 15.9 Å². The Kier molecular flexibility index (Phi) is 6.88. The molecule has 1 rings (SSSR count). The summed E-state index contributed by atoms with van der Waals surface area (Å²) in [7, 11) is 1.78. The topological polar surface area (TPSA) is 9.23 Å². The predicted octanol–water partition coefficient (Wildman–Crippen LogP) is 4.15. The van der Waals surface area contributed by atoms with Gasteiger partial charge in [0.05, 0.1) is 0 Å². The fourth-order valence-electron chi connectivity index (χ4n) is 2.32. The molecule has 1 unspecified atom stereocenters. The molecule has 0 radical (unpaired) electrons. The predicted molar refractivity (Wildman–Crippen MR) is 65.0 cm³/mol. The van der Waals surface area contributed by atoms with Crippen LogP contribution in [-0.4, -0.2) is 18.5 Å². The summed E-state index contributed by atoms with van der Waals surface area (Å²) in [5, 5.41) is 0. The van der Waals surface area contributed by atoms with Gasteiger partial charge in [0, 0.05) is 18.5 Å². The second kappa shape index (κ2) is 7.70. The average molecular weight is 263 g/mol. The molecule has 0 amide bonds. The highest BCUT2D eigenvalue weighted by Crippen LogP contribution is 2.33. The van der Waals surface area contributed by atoms with Crippen molar-refractivity contribution in [1.82, 2.24) is 0 Å². The molecule has 0 spiro atoms. The van der Waals surface area contributed by atoms with Gasteiger partial charge in [-0.2, -0.15) is 0 Å². The van der Waals surface area contributed by atoms with E-state index in [1.165, 1.54) is 51.4 Å². The van der Waals surface area contributed by atoms with Crippen LogP contribution in [-0.2, 0) is 4.74 Å². The van der Waals surface area contributed by atoms with Crippen LogP contribution < -0.4 is 0 Å². The molecule has 1 saturated carbocycles. The van der Waals surface area contributed by atoms with Gasteiger partial charge in [-0.25, -0.2) is 0 Å². The van der Waals surface area contributed by atoms with Crippen molar-refractivity contribution in [3.8, 4) is 0 Å². The maximum absolute atomic E-state index is 5.04. The van der Waals surface area contributed by atoms with Crippen LogP contribution in [0.3, 0.4) is 0 Å². The van der Waals surface area contributed by atoms with E-state index in [4.69, 9.17) is 4.74 Å². The number of hydrogen-bond donors (Lipinski definition) is 0. The zero-order chi connectivity index (χ0) is 10.2. The highest BCUT2D eigenvalue weighted by atomic mass is 79.9. The van der Waals surface area contributed by atoms with Gasteiger partial charge < -0.3 is 4.74 Å². The number of rotatable bonds is 7. The molecule has 0 aromatic carbocycles. The average Bonchev–Trinajstić information content (AvgIpc) is 2.70. The number of hydrogen-bond acceptors (Lipinski definition) is 1. The molecule has 84 valence electrons. The fourth-order valence-corrected chi connectivity index (χ4v) is 3.17. The van der Waals surface area contributed by atoms with E-state index >= 15 is 0 Å². The van der Waals surface area contributed by atoms with Crippen LogP contribution in [0.2, 0.25) is 0 Å². The van der Waals surface area contributed by atoms with Crippen molar-refractivity contribution in [3.05, 3.63) is 0 Å². The van der Waals surface area contributed by atoms with E-state index in [2.05, 4.69) is 15.9 Å². The molecular weight excluding hydrogens is 240 g/mol. The van der Waals surface area contributed by atoms with Gasteiger partial charge in [-0.15, -0.1) is 0 Å². The summed E-state index contributed by atoms with van der Waals surface area (Å²) >= 11 is 3.84. The first-order valence-corrected chi connectivity index (χ1v) is 6.89. The van der Waals surface area contributed by atoms with E-state index in [9.17, 15) is 0 Å². The number of unbranched alkanes of at least 4 members (excludes halogenated alkanes) is 2. The Morgan fingerprint density at radius 1 is 1.21 bits per heavy atom. The molecule has 1 atom stereocenters. The Hall–Kier alpha value is 0.440. The third-order valence-corrected chi connectivity index (χ3v) is 4.45. The lowest BCUT2D eigenvalue weighted by molar-refractivity contribution is 0.192. The Balaban J connectivity index is 1.94.